The molecule has 1 unspecified atom stereocenters. The van der Waals surface area contributed by atoms with Crippen LogP contribution in [0.1, 0.15) is 18.4 Å². The lowest BCUT2D eigenvalue weighted by molar-refractivity contribution is 0.343. The van der Waals surface area contributed by atoms with Crippen molar-refractivity contribution in [1.29, 1.82) is 0 Å². The number of hydrogen-bond acceptors (Lipinski definition) is 6. The molecule has 3 rings (SSSR count). The van der Waals surface area contributed by atoms with Crippen molar-refractivity contribution in [3.8, 4) is 0 Å². The topological polar surface area (TPSA) is 86.8 Å². The molecule has 1 aromatic rings. The summed E-state index contributed by atoms with van der Waals surface area (Å²) in [5.74, 6) is 0.00530. The maximum atomic E-state index is 12.6. The van der Waals surface area contributed by atoms with Gasteiger partial charge in [-0.05, 0) is 28.9 Å². The van der Waals surface area contributed by atoms with E-state index in [0.29, 0.717) is 6.54 Å². The SMILES string of the molecule is O=S(=O)(Cc1ccccc1)N1CCCC1C1N=NN=N1. The van der Waals surface area contributed by atoms with Crippen molar-refractivity contribution in [2.75, 3.05) is 6.54 Å². The summed E-state index contributed by atoms with van der Waals surface area (Å²) in [5.41, 5.74) is 0.785. The van der Waals surface area contributed by atoms with Crippen LogP contribution in [-0.2, 0) is 15.8 Å². The highest BCUT2D eigenvalue weighted by Crippen LogP contribution is 2.29. The standard InChI is InChI=1S/C12H15N5O2S/c18-20(19,9-10-5-2-1-3-6-10)17-8-4-7-11(17)12-13-15-16-14-12/h1-3,5-6,11-12H,4,7-9H2. The summed E-state index contributed by atoms with van der Waals surface area (Å²) in [5, 5.41) is 14.7. The Kier molecular flexibility index (Phi) is 3.58. The fourth-order valence-corrected chi connectivity index (χ4v) is 4.42. The summed E-state index contributed by atoms with van der Waals surface area (Å²) in [6.07, 6.45) is 1.08. The fourth-order valence-electron chi connectivity index (χ4n) is 2.61. The molecule has 2 aliphatic heterocycles. The third kappa shape index (κ3) is 2.61. The van der Waals surface area contributed by atoms with Gasteiger partial charge in [0.15, 0.2) is 0 Å². The molecule has 0 bridgehead atoms. The summed E-state index contributed by atoms with van der Waals surface area (Å²) in [4.78, 5) is 0. The Balaban J connectivity index is 1.79. The molecule has 8 heteroatoms. The summed E-state index contributed by atoms with van der Waals surface area (Å²) in [6.45, 7) is 0.515. The maximum Gasteiger partial charge on any atom is 0.218 e. The third-order valence-electron chi connectivity index (χ3n) is 3.52. The van der Waals surface area contributed by atoms with Crippen molar-refractivity contribution in [1.82, 2.24) is 4.31 Å². The number of rotatable bonds is 4. The van der Waals surface area contributed by atoms with Crippen LogP contribution in [0.3, 0.4) is 0 Å². The van der Waals surface area contributed by atoms with E-state index in [1.54, 1.807) is 0 Å². The van der Waals surface area contributed by atoms with Crippen LogP contribution in [0.15, 0.2) is 51.0 Å². The summed E-state index contributed by atoms with van der Waals surface area (Å²) in [6, 6.07) is 8.93. The van der Waals surface area contributed by atoms with Crippen molar-refractivity contribution >= 4 is 10.0 Å². The predicted molar refractivity (Wildman–Crippen MR) is 72.3 cm³/mol. The molecule has 0 saturated carbocycles. The largest absolute Gasteiger partial charge is 0.218 e. The van der Waals surface area contributed by atoms with Crippen molar-refractivity contribution in [2.24, 2.45) is 20.7 Å². The lowest BCUT2D eigenvalue weighted by atomic mass is 10.2. The predicted octanol–water partition coefficient (Wildman–Crippen LogP) is 2.14. The Bertz CT molecular complexity index is 617. The van der Waals surface area contributed by atoms with E-state index in [-0.39, 0.29) is 11.8 Å². The first-order valence-electron chi connectivity index (χ1n) is 6.50. The van der Waals surface area contributed by atoms with Crippen LogP contribution in [0.25, 0.3) is 0 Å². The third-order valence-corrected chi connectivity index (χ3v) is 5.39. The van der Waals surface area contributed by atoms with E-state index in [9.17, 15) is 8.42 Å². The molecule has 2 heterocycles. The first-order chi connectivity index (χ1) is 9.67. The van der Waals surface area contributed by atoms with Crippen LogP contribution in [0.5, 0.6) is 0 Å². The van der Waals surface area contributed by atoms with Gasteiger partial charge >= 0.3 is 0 Å². The van der Waals surface area contributed by atoms with Crippen LogP contribution in [0.4, 0.5) is 0 Å². The van der Waals surface area contributed by atoms with E-state index in [1.165, 1.54) is 4.31 Å². The van der Waals surface area contributed by atoms with Gasteiger partial charge in [0.05, 0.1) is 11.8 Å². The highest BCUT2D eigenvalue weighted by atomic mass is 32.2. The molecule has 0 amide bonds. The molecule has 1 fully saturated rings. The highest BCUT2D eigenvalue weighted by molar-refractivity contribution is 7.88. The molecule has 1 atom stereocenters. The molecule has 0 aromatic heterocycles. The molecule has 0 aliphatic carbocycles. The van der Waals surface area contributed by atoms with Gasteiger partial charge in [-0.3, -0.25) is 0 Å². The van der Waals surface area contributed by atoms with Crippen molar-refractivity contribution in [3.63, 3.8) is 0 Å². The average Bonchev–Trinajstić information content (AvgIpc) is 3.10. The van der Waals surface area contributed by atoms with E-state index in [2.05, 4.69) is 20.7 Å². The minimum absolute atomic E-state index is 0.00530. The van der Waals surface area contributed by atoms with Crippen LogP contribution in [0, 0.1) is 0 Å². The van der Waals surface area contributed by atoms with Crippen LogP contribution in [-0.4, -0.2) is 31.5 Å². The van der Waals surface area contributed by atoms with E-state index in [4.69, 9.17) is 0 Å². The van der Waals surface area contributed by atoms with Gasteiger partial charge in [0.2, 0.25) is 16.2 Å². The highest BCUT2D eigenvalue weighted by Gasteiger charge is 2.40. The monoisotopic (exact) mass is 293 g/mol. The molecular weight excluding hydrogens is 278 g/mol. The molecule has 106 valence electrons. The summed E-state index contributed by atoms with van der Waals surface area (Å²) >= 11 is 0. The van der Waals surface area contributed by atoms with E-state index >= 15 is 0 Å². The second kappa shape index (κ2) is 5.37. The van der Waals surface area contributed by atoms with Gasteiger partial charge < -0.3 is 0 Å². The molecule has 0 spiro atoms. The first-order valence-corrected chi connectivity index (χ1v) is 8.11. The number of sulfonamides is 1. The molecule has 20 heavy (non-hydrogen) atoms. The number of benzene rings is 1. The van der Waals surface area contributed by atoms with Crippen LogP contribution >= 0.6 is 0 Å². The lowest BCUT2D eigenvalue weighted by Gasteiger charge is -2.24. The Labute approximate surface area is 117 Å². The smallest absolute Gasteiger partial charge is 0.212 e. The van der Waals surface area contributed by atoms with Gasteiger partial charge in [0.25, 0.3) is 0 Å². The second-order valence-corrected chi connectivity index (χ2v) is 6.81. The van der Waals surface area contributed by atoms with Gasteiger partial charge in [-0.1, -0.05) is 30.3 Å². The van der Waals surface area contributed by atoms with Crippen LogP contribution in [0.2, 0.25) is 0 Å². The molecule has 0 N–H and O–H groups in total. The molecule has 7 nitrogen and oxygen atoms in total. The maximum absolute atomic E-state index is 12.6. The van der Waals surface area contributed by atoms with Crippen molar-refractivity contribution < 1.29 is 8.42 Å². The van der Waals surface area contributed by atoms with E-state index < -0.39 is 16.2 Å². The molecule has 1 aromatic carbocycles. The van der Waals surface area contributed by atoms with E-state index in [1.807, 2.05) is 30.3 Å². The van der Waals surface area contributed by atoms with Gasteiger partial charge in [0, 0.05) is 6.54 Å². The van der Waals surface area contributed by atoms with Crippen molar-refractivity contribution in [2.45, 2.75) is 30.8 Å². The first kappa shape index (κ1) is 13.3. The lowest BCUT2D eigenvalue weighted by Crippen LogP contribution is -2.41. The zero-order valence-electron chi connectivity index (χ0n) is 10.8. The zero-order chi connectivity index (χ0) is 14.0. The van der Waals surface area contributed by atoms with Gasteiger partial charge in [-0.2, -0.15) is 4.31 Å². The molecular formula is C12H15N5O2S. The summed E-state index contributed by atoms with van der Waals surface area (Å²) in [7, 11) is -3.37. The zero-order valence-corrected chi connectivity index (χ0v) is 11.6. The summed E-state index contributed by atoms with van der Waals surface area (Å²) < 4.78 is 26.6. The Hall–Kier alpha value is -1.67. The number of hydrogen-bond donors (Lipinski definition) is 0. The minimum Gasteiger partial charge on any atom is -0.212 e. The van der Waals surface area contributed by atoms with Crippen molar-refractivity contribution in [3.05, 3.63) is 35.9 Å². The van der Waals surface area contributed by atoms with Gasteiger partial charge in [-0.15, -0.1) is 10.2 Å². The second-order valence-electron chi connectivity index (χ2n) is 4.89. The fraction of sp³-hybridized carbons (Fsp3) is 0.500. The number of nitrogens with zero attached hydrogens (tertiary/aromatic N) is 5. The Morgan fingerprint density at radius 2 is 1.85 bits per heavy atom. The molecule has 2 aliphatic rings. The van der Waals surface area contributed by atoms with E-state index in [0.717, 1.165) is 18.4 Å². The van der Waals surface area contributed by atoms with Gasteiger partial charge in [0.1, 0.15) is 0 Å². The Morgan fingerprint density at radius 3 is 2.55 bits per heavy atom. The quantitative estimate of drug-likeness (QED) is 0.851. The van der Waals surface area contributed by atoms with Crippen LogP contribution < -0.4 is 0 Å². The molecule has 0 radical (unpaired) electrons. The molecule has 1 saturated heterocycles. The minimum atomic E-state index is -3.37. The Morgan fingerprint density at radius 1 is 1.15 bits per heavy atom. The van der Waals surface area contributed by atoms with Gasteiger partial charge in [-0.25, -0.2) is 8.42 Å². The normalized spacial score (nSPS) is 23.7. The average molecular weight is 293 g/mol.